The molecule has 0 bridgehead atoms. The Morgan fingerprint density at radius 1 is 1.30 bits per heavy atom. The maximum absolute atomic E-state index is 12.1. The quantitative estimate of drug-likeness (QED) is 0.645. The van der Waals surface area contributed by atoms with Gasteiger partial charge in [-0.05, 0) is 36.4 Å². The standard InChI is InChI=1S/C12H13F3O4S/c1-2-19-11(18)10(17)9(16)7-3-5-8(6-4-7)20-12(13,14)15/h3-6,9-10,16-17H,2H2,1H3. The summed E-state index contributed by atoms with van der Waals surface area (Å²) in [5, 5.41) is 19.2. The summed E-state index contributed by atoms with van der Waals surface area (Å²) in [4.78, 5) is 11.2. The highest BCUT2D eigenvalue weighted by Crippen LogP contribution is 2.37. The van der Waals surface area contributed by atoms with Gasteiger partial charge in [-0.3, -0.25) is 0 Å². The second-order valence-corrected chi connectivity index (χ2v) is 4.90. The molecule has 0 saturated heterocycles. The molecule has 112 valence electrons. The molecule has 20 heavy (non-hydrogen) atoms. The normalized spacial score (nSPS) is 14.7. The van der Waals surface area contributed by atoms with E-state index >= 15 is 0 Å². The Kier molecular flexibility index (Phi) is 5.85. The third-order valence-corrected chi connectivity index (χ3v) is 3.02. The molecule has 2 N–H and O–H groups in total. The minimum absolute atomic E-state index is 0.0454. The average molecular weight is 310 g/mol. The Hall–Kier alpha value is -1.25. The SMILES string of the molecule is CCOC(=O)C(O)C(O)c1ccc(SC(F)(F)F)cc1. The summed E-state index contributed by atoms with van der Waals surface area (Å²) in [7, 11) is 0. The highest BCUT2D eigenvalue weighted by atomic mass is 32.2. The van der Waals surface area contributed by atoms with Gasteiger partial charge >= 0.3 is 11.5 Å². The topological polar surface area (TPSA) is 66.8 Å². The molecule has 0 fully saturated rings. The lowest BCUT2D eigenvalue weighted by Gasteiger charge is -2.17. The Morgan fingerprint density at radius 2 is 1.85 bits per heavy atom. The predicted molar refractivity (Wildman–Crippen MR) is 66.0 cm³/mol. The van der Waals surface area contributed by atoms with Crippen molar-refractivity contribution >= 4 is 17.7 Å². The Bertz CT molecular complexity index is 447. The summed E-state index contributed by atoms with van der Waals surface area (Å²) in [6.45, 7) is 1.59. The minimum Gasteiger partial charge on any atom is -0.464 e. The summed E-state index contributed by atoms with van der Waals surface area (Å²) in [5.74, 6) is -0.992. The molecule has 2 unspecified atom stereocenters. The van der Waals surface area contributed by atoms with Gasteiger partial charge in [0.2, 0.25) is 0 Å². The molecule has 4 nitrogen and oxygen atoms in total. The number of esters is 1. The molecule has 0 heterocycles. The minimum atomic E-state index is -4.40. The van der Waals surface area contributed by atoms with Crippen molar-refractivity contribution in [3.05, 3.63) is 29.8 Å². The zero-order chi connectivity index (χ0) is 15.3. The predicted octanol–water partition coefficient (Wildman–Crippen LogP) is 2.26. The molecule has 1 aromatic rings. The van der Waals surface area contributed by atoms with Crippen LogP contribution in [0.25, 0.3) is 0 Å². The maximum Gasteiger partial charge on any atom is 0.446 e. The highest BCUT2D eigenvalue weighted by Gasteiger charge is 2.30. The van der Waals surface area contributed by atoms with Crippen LogP contribution < -0.4 is 0 Å². The van der Waals surface area contributed by atoms with E-state index in [1.807, 2.05) is 0 Å². The van der Waals surface area contributed by atoms with E-state index in [0.29, 0.717) is 0 Å². The molecule has 0 saturated carbocycles. The number of hydrogen-bond donors (Lipinski definition) is 2. The summed E-state index contributed by atoms with van der Waals surface area (Å²) >= 11 is -0.292. The van der Waals surface area contributed by atoms with Crippen LogP contribution in [0.5, 0.6) is 0 Å². The number of aliphatic hydroxyl groups is 2. The maximum atomic E-state index is 12.1. The zero-order valence-electron chi connectivity index (χ0n) is 10.4. The van der Waals surface area contributed by atoms with Crippen LogP contribution in [0.2, 0.25) is 0 Å². The van der Waals surface area contributed by atoms with Crippen molar-refractivity contribution in [2.45, 2.75) is 29.5 Å². The smallest absolute Gasteiger partial charge is 0.446 e. The van der Waals surface area contributed by atoms with Crippen molar-refractivity contribution in [1.82, 2.24) is 0 Å². The highest BCUT2D eigenvalue weighted by molar-refractivity contribution is 8.00. The molecule has 0 radical (unpaired) electrons. The van der Waals surface area contributed by atoms with Crippen LogP contribution in [0.4, 0.5) is 13.2 Å². The fraction of sp³-hybridized carbons (Fsp3) is 0.417. The van der Waals surface area contributed by atoms with Gasteiger partial charge < -0.3 is 14.9 Å². The fourth-order valence-electron chi connectivity index (χ4n) is 1.41. The van der Waals surface area contributed by atoms with E-state index in [1.54, 1.807) is 6.92 Å². The molecule has 0 aliphatic carbocycles. The lowest BCUT2D eigenvalue weighted by Crippen LogP contribution is -2.29. The van der Waals surface area contributed by atoms with Crippen LogP contribution in [-0.2, 0) is 9.53 Å². The number of carbonyl (C=O) groups is 1. The van der Waals surface area contributed by atoms with E-state index in [-0.39, 0.29) is 28.8 Å². The van der Waals surface area contributed by atoms with Crippen molar-refractivity contribution in [2.24, 2.45) is 0 Å². The Labute approximate surface area is 117 Å². The summed E-state index contributed by atoms with van der Waals surface area (Å²) in [6.07, 6.45) is -3.34. The number of hydrogen-bond acceptors (Lipinski definition) is 5. The molecule has 1 rings (SSSR count). The summed E-state index contributed by atoms with van der Waals surface area (Å²) in [6, 6.07) is 4.71. The second kappa shape index (κ2) is 6.96. The van der Waals surface area contributed by atoms with Crippen molar-refractivity contribution in [1.29, 1.82) is 0 Å². The second-order valence-electron chi connectivity index (χ2n) is 3.76. The van der Waals surface area contributed by atoms with Gasteiger partial charge in [0, 0.05) is 4.90 Å². The molecule has 0 aliphatic rings. The number of carbonyl (C=O) groups excluding carboxylic acids is 1. The van der Waals surface area contributed by atoms with Gasteiger partial charge in [-0.15, -0.1) is 0 Å². The number of ether oxygens (including phenoxy) is 1. The molecule has 1 aromatic carbocycles. The number of benzene rings is 1. The number of alkyl halides is 3. The molecule has 0 spiro atoms. The molecule has 2 atom stereocenters. The van der Waals surface area contributed by atoms with Crippen LogP contribution >= 0.6 is 11.8 Å². The average Bonchev–Trinajstić information content (AvgIpc) is 2.36. The van der Waals surface area contributed by atoms with Crippen LogP contribution in [-0.4, -0.2) is 34.4 Å². The molecule has 0 aromatic heterocycles. The number of thioether (sulfide) groups is 1. The zero-order valence-corrected chi connectivity index (χ0v) is 11.2. The van der Waals surface area contributed by atoms with Gasteiger partial charge in [-0.2, -0.15) is 13.2 Å². The summed E-state index contributed by atoms with van der Waals surface area (Å²) < 4.78 is 40.9. The first kappa shape index (κ1) is 16.8. The van der Waals surface area contributed by atoms with Gasteiger partial charge in [0.25, 0.3) is 0 Å². The van der Waals surface area contributed by atoms with Crippen molar-refractivity contribution < 1.29 is 32.9 Å². The fourth-order valence-corrected chi connectivity index (χ4v) is 1.94. The lowest BCUT2D eigenvalue weighted by atomic mass is 10.0. The van der Waals surface area contributed by atoms with E-state index in [1.165, 1.54) is 12.1 Å². The van der Waals surface area contributed by atoms with E-state index in [2.05, 4.69) is 4.74 Å². The van der Waals surface area contributed by atoms with E-state index in [4.69, 9.17) is 0 Å². The number of aliphatic hydroxyl groups excluding tert-OH is 2. The Balaban J connectivity index is 2.75. The van der Waals surface area contributed by atoms with Gasteiger partial charge in [0.15, 0.2) is 6.10 Å². The monoisotopic (exact) mass is 310 g/mol. The van der Waals surface area contributed by atoms with E-state index in [9.17, 15) is 28.2 Å². The van der Waals surface area contributed by atoms with Crippen LogP contribution in [0.15, 0.2) is 29.2 Å². The molecular weight excluding hydrogens is 297 g/mol. The van der Waals surface area contributed by atoms with Gasteiger partial charge in [0.1, 0.15) is 6.10 Å². The van der Waals surface area contributed by atoms with E-state index < -0.39 is 23.7 Å². The first-order chi connectivity index (χ1) is 9.24. The molecular formula is C12H13F3O4S. The van der Waals surface area contributed by atoms with Crippen molar-refractivity contribution in [2.75, 3.05) is 6.61 Å². The number of rotatable bonds is 5. The lowest BCUT2D eigenvalue weighted by molar-refractivity contribution is -0.159. The van der Waals surface area contributed by atoms with Crippen LogP contribution in [0.3, 0.4) is 0 Å². The summed E-state index contributed by atoms with van der Waals surface area (Å²) in [5.41, 5.74) is -4.28. The van der Waals surface area contributed by atoms with Crippen LogP contribution in [0, 0.1) is 0 Å². The molecule has 0 aliphatic heterocycles. The first-order valence-corrected chi connectivity index (χ1v) is 6.44. The van der Waals surface area contributed by atoms with Crippen molar-refractivity contribution in [3.63, 3.8) is 0 Å². The van der Waals surface area contributed by atoms with Gasteiger partial charge in [-0.25, -0.2) is 4.79 Å². The van der Waals surface area contributed by atoms with Gasteiger partial charge in [0.05, 0.1) is 6.61 Å². The first-order valence-electron chi connectivity index (χ1n) is 5.63. The number of halogens is 3. The third-order valence-electron chi connectivity index (χ3n) is 2.28. The van der Waals surface area contributed by atoms with Gasteiger partial charge in [-0.1, -0.05) is 12.1 Å². The Morgan fingerprint density at radius 3 is 2.30 bits per heavy atom. The van der Waals surface area contributed by atoms with E-state index in [0.717, 1.165) is 12.1 Å². The third kappa shape index (κ3) is 5.03. The molecule has 8 heteroatoms. The van der Waals surface area contributed by atoms with Crippen LogP contribution in [0.1, 0.15) is 18.6 Å². The molecule has 0 amide bonds. The largest absolute Gasteiger partial charge is 0.464 e. The van der Waals surface area contributed by atoms with Crippen molar-refractivity contribution in [3.8, 4) is 0 Å².